The van der Waals surface area contributed by atoms with Crippen LogP contribution >= 0.6 is 0 Å². The predicted molar refractivity (Wildman–Crippen MR) is 64.3 cm³/mol. The van der Waals surface area contributed by atoms with Crippen LogP contribution in [0.1, 0.15) is 19.4 Å². The molecule has 1 rings (SSSR count). The second-order valence-electron chi connectivity index (χ2n) is 3.26. The Labute approximate surface area is 100 Å². The van der Waals surface area contributed by atoms with Crippen molar-refractivity contribution in [1.82, 2.24) is 0 Å². The fraction of sp³-hybridized carbons (Fsp3) is 0.308. The number of esters is 1. The van der Waals surface area contributed by atoms with E-state index < -0.39 is 5.97 Å². The van der Waals surface area contributed by atoms with Gasteiger partial charge < -0.3 is 14.6 Å². The number of phenols is 1. The lowest BCUT2D eigenvalue weighted by atomic mass is 10.2. The fourth-order valence-electron chi connectivity index (χ4n) is 1.28. The molecule has 0 heterocycles. The molecule has 92 valence electrons. The van der Waals surface area contributed by atoms with Gasteiger partial charge >= 0.3 is 5.97 Å². The molecule has 0 spiro atoms. The third-order valence-electron chi connectivity index (χ3n) is 1.94. The van der Waals surface area contributed by atoms with Crippen molar-refractivity contribution in [2.24, 2.45) is 0 Å². The standard InChI is InChI=1S/C13H16O4/c1-3-16-12(13(15)17-4-2)9-10-6-5-7-11(14)8-10/h5-9,14H,3-4H2,1-2H3/b12-9-. The Bertz CT molecular complexity index is 410. The van der Waals surface area contributed by atoms with Gasteiger partial charge in [-0.1, -0.05) is 12.1 Å². The summed E-state index contributed by atoms with van der Waals surface area (Å²) >= 11 is 0. The van der Waals surface area contributed by atoms with Crippen LogP contribution in [-0.4, -0.2) is 24.3 Å². The van der Waals surface area contributed by atoms with E-state index in [1.165, 1.54) is 6.07 Å². The molecule has 0 atom stereocenters. The minimum Gasteiger partial charge on any atom is -0.508 e. The first-order valence-corrected chi connectivity index (χ1v) is 5.48. The smallest absolute Gasteiger partial charge is 0.373 e. The highest BCUT2D eigenvalue weighted by Crippen LogP contribution is 2.15. The lowest BCUT2D eigenvalue weighted by Crippen LogP contribution is -2.10. The van der Waals surface area contributed by atoms with Crippen molar-refractivity contribution >= 4 is 12.0 Å². The average Bonchev–Trinajstić information content (AvgIpc) is 2.29. The molecular weight excluding hydrogens is 220 g/mol. The Morgan fingerprint density at radius 1 is 1.29 bits per heavy atom. The van der Waals surface area contributed by atoms with E-state index in [1.807, 2.05) is 0 Å². The van der Waals surface area contributed by atoms with Crippen LogP contribution in [0.15, 0.2) is 30.0 Å². The Balaban J connectivity index is 2.93. The van der Waals surface area contributed by atoms with E-state index in [-0.39, 0.29) is 11.5 Å². The van der Waals surface area contributed by atoms with Crippen molar-refractivity contribution in [2.45, 2.75) is 13.8 Å². The van der Waals surface area contributed by atoms with Crippen LogP contribution in [0.2, 0.25) is 0 Å². The van der Waals surface area contributed by atoms with E-state index in [9.17, 15) is 9.90 Å². The lowest BCUT2D eigenvalue weighted by Gasteiger charge is -2.07. The van der Waals surface area contributed by atoms with Gasteiger partial charge in [-0.3, -0.25) is 0 Å². The number of carbonyl (C=O) groups excluding carboxylic acids is 1. The van der Waals surface area contributed by atoms with Gasteiger partial charge in [-0.15, -0.1) is 0 Å². The number of rotatable bonds is 5. The van der Waals surface area contributed by atoms with Crippen molar-refractivity contribution < 1.29 is 19.4 Å². The Morgan fingerprint density at radius 2 is 2.00 bits per heavy atom. The summed E-state index contributed by atoms with van der Waals surface area (Å²) in [5, 5.41) is 9.31. The molecule has 0 aliphatic rings. The summed E-state index contributed by atoms with van der Waals surface area (Å²) in [5.74, 6) is -0.226. The first-order valence-electron chi connectivity index (χ1n) is 5.48. The molecular formula is C13H16O4. The highest BCUT2D eigenvalue weighted by molar-refractivity contribution is 5.91. The van der Waals surface area contributed by atoms with Crippen molar-refractivity contribution in [3.05, 3.63) is 35.6 Å². The Hall–Kier alpha value is -1.97. The summed E-state index contributed by atoms with van der Waals surface area (Å²) in [6, 6.07) is 6.55. The number of phenolic OH excluding ortho intramolecular Hbond substituents is 1. The second-order valence-corrected chi connectivity index (χ2v) is 3.26. The zero-order valence-electron chi connectivity index (χ0n) is 9.97. The molecule has 0 unspecified atom stereocenters. The molecule has 1 N–H and O–H groups in total. The molecule has 0 saturated heterocycles. The van der Waals surface area contributed by atoms with E-state index in [0.717, 1.165) is 0 Å². The van der Waals surface area contributed by atoms with Crippen LogP contribution in [-0.2, 0) is 14.3 Å². The first-order chi connectivity index (χ1) is 8.17. The zero-order chi connectivity index (χ0) is 12.7. The normalized spacial score (nSPS) is 11.1. The Kier molecular flexibility index (Phi) is 5.07. The highest BCUT2D eigenvalue weighted by atomic mass is 16.6. The fourth-order valence-corrected chi connectivity index (χ4v) is 1.28. The Morgan fingerprint density at radius 3 is 2.59 bits per heavy atom. The summed E-state index contributed by atoms with van der Waals surface area (Å²) < 4.78 is 10.1. The van der Waals surface area contributed by atoms with Gasteiger partial charge in [0.1, 0.15) is 5.75 Å². The van der Waals surface area contributed by atoms with Gasteiger partial charge in [-0.2, -0.15) is 0 Å². The summed E-state index contributed by atoms with van der Waals surface area (Å²) in [6.07, 6.45) is 1.54. The number of benzene rings is 1. The van der Waals surface area contributed by atoms with Crippen molar-refractivity contribution in [3.63, 3.8) is 0 Å². The molecule has 0 aromatic heterocycles. The molecule has 0 amide bonds. The van der Waals surface area contributed by atoms with E-state index in [2.05, 4.69) is 0 Å². The minimum absolute atomic E-state index is 0.137. The largest absolute Gasteiger partial charge is 0.508 e. The van der Waals surface area contributed by atoms with Crippen molar-refractivity contribution in [1.29, 1.82) is 0 Å². The van der Waals surface area contributed by atoms with Crippen molar-refractivity contribution in [3.8, 4) is 5.75 Å². The number of hydrogen-bond donors (Lipinski definition) is 1. The molecule has 0 bridgehead atoms. The first kappa shape index (κ1) is 13.1. The maximum atomic E-state index is 11.5. The van der Waals surface area contributed by atoms with E-state index in [0.29, 0.717) is 18.8 Å². The van der Waals surface area contributed by atoms with Crippen LogP contribution in [0.3, 0.4) is 0 Å². The highest BCUT2D eigenvalue weighted by Gasteiger charge is 2.11. The van der Waals surface area contributed by atoms with Crippen molar-refractivity contribution in [2.75, 3.05) is 13.2 Å². The molecule has 4 heteroatoms. The molecule has 1 aromatic carbocycles. The molecule has 0 fully saturated rings. The predicted octanol–water partition coefficient (Wildman–Crippen LogP) is 2.33. The van der Waals surface area contributed by atoms with E-state index in [4.69, 9.17) is 9.47 Å². The number of hydrogen-bond acceptors (Lipinski definition) is 4. The number of ether oxygens (including phenoxy) is 2. The van der Waals surface area contributed by atoms with Gasteiger partial charge in [-0.25, -0.2) is 4.79 Å². The maximum Gasteiger partial charge on any atom is 0.373 e. The molecule has 4 nitrogen and oxygen atoms in total. The third-order valence-corrected chi connectivity index (χ3v) is 1.94. The van der Waals surface area contributed by atoms with Gasteiger partial charge in [0.25, 0.3) is 0 Å². The monoisotopic (exact) mass is 236 g/mol. The van der Waals surface area contributed by atoms with E-state index in [1.54, 1.807) is 38.1 Å². The molecule has 0 aliphatic heterocycles. The summed E-state index contributed by atoms with van der Waals surface area (Å²) in [6.45, 7) is 4.19. The van der Waals surface area contributed by atoms with Crippen LogP contribution in [0.5, 0.6) is 5.75 Å². The zero-order valence-corrected chi connectivity index (χ0v) is 9.97. The molecule has 1 aromatic rings. The van der Waals surface area contributed by atoms with Gasteiger partial charge in [0.2, 0.25) is 5.76 Å². The molecule has 17 heavy (non-hydrogen) atoms. The average molecular weight is 236 g/mol. The topological polar surface area (TPSA) is 55.8 Å². The summed E-state index contributed by atoms with van der Waals surface area (Å²) in [4.78, 5) is 11.5. The molecule has 0 radical (unpaired) electrons. The van der Waals surface area contributed by atoms with Gasteiger partial charge in [0.05, 0.1) is 13.2 Å². The van der Waals surface area contributed by atoms with Gasteiger partial charge in [0, 0.05) is 0 Å². The third kappa shape index (κ3) is 4.18. The van der Waals surface area contributed by atoms with E-state index >= 15 is 0 Å². The van der Waals surface area contributed by atoms with Crippen LogP contribution in [0.4, 0.5) is 0 Å². The summed E-state index contributed by atoms with van der Waals surface area (Å²) in [7, 11) is 0. The van der Waals surface area contributed by atoms with Crippen LogP contribution < -0.4 is 0 Å². The molecule has 0 saturated carbocycles. The number of aromatic hydroxyl groups is 1. The molecule has 0 aliphatic carbocycles. The van der Waals surface area contributed by atoms with Gasteiger partial charge in [-0.05, 0) is 37.6 Å². The quantitative estimate of drug-likeness (QED) is 0.484. The number of carbonyl (C=O) groups is 1. The minimum atomic E-state index is -0.502. The van der Waals surface area contributed by atoms with Crippen LogP contribution in [0.25, 0.3) is 6.08 Å². The summed E-state index contributed by atoms with van der Waals surface area (Å²) in [5.41, 5.74) is 0.682. The maximum absolute atomic E-state index is 11.5. The SMILES string of the molecule is CCOC(=O)/C(=C/c1cccc(O)c1)OCC. The van der Waals surface area contributed by atoms with Crippen LogP contribution in [0, 0.1) is 0 Å². The second kappa shape index (κ2) is 6.58. The lowest BCUT2D eigenvalue weighted by molar-refractivity contribution is -0.142. The van der Waals surface area contributed by atoms with Gasteiger partial charge in [0.15, 0.2) is 0 Å².